The van der Waals surface area contributed by atoms with Crippen molar-refractivity contribution in [2.24, 2.45) is 0 Å². The largest absolute Gasteiger partial charge is 0.385 e. The van der Waals surface area contributed by atoms with Crippen LogP contribution in [0.25, 0.3) is 0 Å². The molecule has 0 unspecified atom stereocenters. The monoisotopic (exact) mass is 403 g/mol. The molecule has 2 aromatic rings. The Bertz CT molecular complexity index is 777. The summed E-state index contributed by atoms with van der Waals surface area (Å²) in [4.78, 5) is 19.3. The van der Waals surface area contributed by atoms with Crippen molar-refractivity contribution in [2.45, 2.75) is 50.0 Å². The summed E-state index contributed by atoms with van der Waals surface area (Å²) in [7, 11) is 1.71. The SMILES string of the molecule is COCCC1(c2noc(C3CCOCC3)n2)CCN(C(=O)Cn2cccn2)CC1. The highest BCUT2D eigenvalue weighted by molar-refractivity contribution is 5.76. The van der Waals surface area contributed by atoms with Gasteiger partial charge in [0.2, 0.25) is 11.8 Å². The molecular formula is C20H29N5O4. The molecule has 1 amide bonds. The number of piperidine rings is 1. The molecule has 0 aliphatic carbocycles. The van der Waals surface area contributed by atoms with Gasteiger partial charge < -0.3 is 18.9 Å². The minimum atomic E-state index is -0.217. The van der Waals surface area contributed by atoms with E-state index in [0.29, 0.717) is 19.7 Å². The van der Waals surface area contributed by atoms with E-state index in [4.69, 9.17) is 19.0 Å². The summed E-state index contributed by atoms with van der Waals surface area (Å²) in [6.45, 7) is 3.72. The lowest BCUT2D eigenvalue weighted by molar-refractivity contribution is -0.133. The van der Waals surface area contributed by atoms with Crippen LogP contribution in [0.1, 0.15) is 49.7 Å². The Morgan fingerprint density at radius 2 is 2.10 bits per heavy atom. The van der Waals surface area contributed by atoms with Gasteiger partial charge in [-0.1, -0.05) is 5.16 Å². The number of carbonyl (C=O) groups excluding carboxylic acids is 1. The van der Waals surface area contributed by atoms with Crippen LogP contribution in [-0.2, 0) is 26.2 Å². The van der Waals surface area contributed by atoms with Crippen LogP contribution in [-0.4, -0.2) is 70.7 Å². The third kappa shape index (κ3) is 4.51. The van der Waals surface area contributed by atoms with Crippen LogP contribution in [0.3, 0.4) is 0 Å². The highest BCUT2D eigenvalue weighted by atomic mass is 16.5. The molecule has 0 spiro atoms. The molecule has 2 aliphatic heterocycles. The molecule has 4 heterocycles. The Morgan fingerprint density at radius 3 is 2.79 bits per heavy atom. The molecule has 4 rings (SSSR count). The maximum absolute atomic E-state index is 12.6. The van der Waals surface area contributed by atoms with E-state index in [1.807, 2.05) is 17.2 Å². The number of rotatable bonds is 7. The number of methoxy groups -OCH3 is 1. The molecule has 2 fully saturated rings. The highest BCUT2D eigenvalue weighted by Crippen LogP contribution is 2.38. The van der Waals surface area contributed by atoms with Crippen LogP contribution in [0.4, 0.5) is 0 Å². The van der Waals surface area contributed by atoms with E-state index in [1.54, 1.807) is 18.0 Å². The summed E-state index contributed by atoms with van der Waals surface area (Å²) in [5.41, 5.74) is -0.217. The van der Waals surface area contributed by atoms with Gasteiger partial charge in [0.15, 0.2) is 5.82 Å². The molecular weight excluding hydrogens is 374 g/mol. The fourth-order valence-electron chi connectivity index (χ4n) is 4.26. The number of carbonyl (C=O) groups is 1. The summed E-state index contributed by atoms with van der Waals surface area (Å²) in [6.07, 6.45) is 7.75. The van der Waals surface area contributed by atoms with Crippen molar-refractivity contribution in [1.29, 1.82) is 0 Å². The fraction of sp³-hybridized carbons (Fsp3) is 0.700. The summed E-state index contributed by atoms with van der Waals surface area (Å²) in [5, 5.41) is 8.50. The van der Waals surface area contributed by atoms with Crippen LogP contribution in [0.5, 0.6) is 0 Å². The topological polar surface area (TPSA) is 95.5 Å². The van der Waals surface area contributed by atoms with Gasteiger partial charge in [0, 0.05) is 63.7 Å². The molecule has 0 bridgehead atoms. The molecule has 0 atom stereocenters. The molecule has 2 aliphatic rings. The number of hydrogen-bond donors (Lipinski definition) is 0. The molecule has 158 valence electrons. The van der Waals surface area contributed by atoms with Gasteiger partial charge in [0.1, 0.15) is 6.54 Å². The Kier molecular flexibility index (Phi) is 6.25. The van der Waals surface area contributed by atoms with Gasteiger partial charge in [0.05, 0.1) is 0 Å². The minimum Gasteiger partial charge on any atom is -0.385 e. The zero-order valence-electron chi connectivity index (χ0n) is 17.0. The van der Waals surface area contributed by atoms with Gasteiger partial charge in [-0.3, -0.25) is 9.48 Å². The number of hydrogen-bond acceptors (Lipinski definition) is 7. The van der Waals surface area contributed by atoms with Crippen LogP contribution in [0.2, 0.25) is 0 Å². The Balaban J connectivity index is 1.44. The van der Waals surface area contributed by atoms with Crippen molar-refractivity contribution in [2.75, 3.05) is 40.0 Å². The first-order chi connectivity index (χ1) is 14.2. The van der Waals surface area contributed by atoms with Gasteiger partial charge in [-0.2, -0.15) is 10.1 Å². The normalized spacial score (nSPS) is 20.1. The standard InChI is InChI=1S/C20H29N5O4/c1-27-14-7-20(19-22-18(29-23-19)16-3-12-28-13-4-16)5-10-24(11-6-20)17(26)15-25-9-2-8-21-25/h2,8-9,16H,3-7,10-15H2,1H3. The summed E-state index contributed by atoms with van der Waals surface area (Å²) < 4.78 is 18.1. The predicted octanol–water partition coefficient (Wildman–Crippen LogP) is 1.76. The predicted molar refractivity (Wildman–Crippen MR) is 103 cm³/mol. The number of aromatic nitrogens is 4. The molecule has 2 aromatic heterocycles. The Labute approximate surface area is 170 Å². The molecule has 0 saturated carbocycles. The lowest BCUT2D eigenvalue weighted by Gasteiger charge is -2.39. The molecule has 9 nitrogen and oxygen atoms in total. The summed E-state index contributed by atoms with van der Waals surface area (Å²) in [6, 6.07) is 1.82. The van der Waals surface area contributed by atoms with E-state index in [-0.39, 0.29) is 23.8 Å². The number of amides is 1. The van der Waals surface area contributed by atoms with Crippen molar-refractivity contribution in [3.63, 3.8) is 0 Å². The fourth-order valence-corrected chi connectivity index (χ4v) is 4.26. The van der Waals surface area contributed by atoms with Crippen LogP contribution in [0, 0.1) is 0 Å². The van der Waals surface area contributed by atoms with Crippen molar-refractivity contribution < 1.29 is 18.8 Å². The van der Waals surface area contributed by atoms with E-state index >= 15 is 0 Å². The Hall–Kier alpha value is -2.26. The quantitative estimate of drug-likeness (QED) is 0.695. The van der Waals surface area contributed by atoms with Crippen LogP contribution in [0.15, 0.2) is 23.0 Å². The van der Waals surface area contributed by atoms with Crippen LogP contribution < -0.4 is 0 Å². The lowest BCUT2D eigenvalue weighted by Crippen LogP contribution is -2.47. The van der Waals surface area contributed by atoms with Gasteiger partial charge in [-0.05, 0) is 38.2 Å². The third-order valence-electron chi connectivity index (χ3n) is 6.20. The number of ether oxygens (including phenoxy) is 2. The second-order valence-electron chi connectivity index (χ2n) is 7.95. The first-order valence-electron chi connectivity index (χ1n) is 10.4. The van der Waals surface area contributed by atoms with E-state index in [9.17, 15) is 4.79 Å². The molecule has 0 aromatic carbocycles. The van der Waals surface area contributed by atoms with E-state index < -0.39 is 0 Å². The van der Waals surface area contributed by atoms with E-state index in [0.717, 1.165) is 57.0 Å². The van der Waals surface area contributed by atoms with Crippen molar-refractivity contribution in [1.82, 2.24) is 24.8 Å². The van der Waals surface area contributed by atoms with Gasteiger partial charge in [-0.15, -0.1) is 0 Å². The second-order valence-corrected chi connectivity index (χ2v) is 7.95. The highest BCUT2D eigenvalue weighted by Gasteiger charge is 2.41. The van der Waals surface area contributed by atoms with E-state index in [2.05, 4.69) is 10.3 Å². The minimum absolute atomic E-state index is 0.0880. The molecule has 2 saturated heterocycles. The maximum Gasteiger partial charge on any atom is 0.244 e. The first kappa shape index (κ1) is 20.0. The smallest absolute Gasteiger partial charge is 0.244 e. The summed E-state index contributed by atoms with van der Waals surface area (Å²) >= 11 is 0. The van der Waals surface area contributed by atoms with Gasteiger partial charge >= 0.3 is 0 Å². The van der Waals surface area contributed by atoms with Crippen molar-refractivity contribution >= 4 is 5.91 Å². The zero-order chi connectivity index (χ0) is 20.1. The third-order valence-corrected chi connectivity index (χ3v) is 6.20. The molecule has 0 radical (unpaired) electrons. The molecule has 29 heavy (non-hydrogen) atoms. The lowest BCUT2D eigenvalue weighted by atomic mass is 9.75. The van der Waals surface area contributed by atoms with E-state index in [1.165, 1.54) is 0 Å². The van der Waals surface area contributed by atoms with Crippen LogP contribution >= 0.6 is 0 Å². The number of likely N-dealkylation sites (tertiary alicyclic amines) is 1. The molecule has 9 heteroatoms. The average Bonchev–Trinajstić information content (AvgIpc) is 3.46. The second kappa shape index (κ2) is 9.04. The molecule has 0 N–H and O–H groups in total. The zero-order valence-corrected chi connectivity index (χ0v) is 17.0. The number of nitrogens with zero attached hydrogens (tertiary/aromatic N) is 5. The van der Waals surface area contributed by atoms with Crippen molar-refractivity contribution in [3.05, 3.63) is 30.2 Å². The van der Waals surface area contributed by atoms with Gasteiger partial charge in [-0.25, -0.2) is 0 Å². The Morgan fingerprint density at radius 1 is 1.31 bits per heavy atom. The average molecular weight is 403 g/mol. The maximum atomic E-state index is 12.6. The summed E-state index contributed by atoms with van der Waals surface area (Å²) in [5.74, 6) is 1.85. The van der Waals surface area contributed by atoms with Crippen molar-refractivity contribution in [3.8, 4) is 0 Å². The first-order valence-corrected chi connectivity index (χ1v) is 10.4. The van der Waals surface area contributed by atoms with Gasteiger partial charge in [0.25, 0.3) is 0 Å².